The van der Waals surface area contributed by atoms with Gasteiger partial charge in [-0.25, -0.2) is 0 Å². The Morgan fingerprint density at radius 1 is 1.11 bits per heavy atom. The molecule has 0 spiro atoms. The summed E-state index contributed by atoms with van der Waals surface area (Å²) in [7, 11) is 0. The van der Waals surface area contributed by atoms with Crippen molar-refractivity contribution < 1.29 is 0 Å². The minimum absolute atomic E-state index is 0.372. The smallest absolute Gasteiger partial charge is 0.168 e. The molecule has 3 aliphatic heterocycles. The fourth-order valence-corrected chi connectivity index (χ4v) is 6.42. The highest BCUT2D eigenvalue weighted by atomic mass is 32.2. The van der Waals surface area contributed by atoms with Gasteiger partial charge in [-0.15, -0.1) is 0 Å². The van der Waals surface area contributed by atoms with Crippen molar-refractivity contribution in [1.29, 1.82) is 0 Å². The first-order valence-corrected chi connectivity index (χ1v) is 11.9. The Kier molecular flexibility index (Phi) is 5.18. The molecular weight excluding hydrogens is 372 g/mol. The van der Waals surface area contributed by atoms with Crippen molar-refractivity contribution >= 4 is 33.9 Å². The fraction of sp³-hybridized carbons (Fsp3) is 0.524. The van der Waals surface area contributed by atoms with E-state index in [0.29, 0.717) is 18.1 Å². The zero-order valence-electron chi connectivity index (χ0n) is 15.5. The van der Waals surface area contributed by atoms with Gasteiger partial charge in [0.15, 0.2) is 10.3 Å². The predicted octanol–water partition coefficient (Wildman–Crippen LogP) is 4.25. The molecule has 0 aromatic heterocycles. The third kappa shape index (κ3) is 3.92. The van der Waals surface area contributed by atoms with Crippen molar-refractivity contribution in [3.8, 4) is 0 Å². The summed E-state index contributed by atoms with van der Waals surface area (Å²) in [6, 6.07) is 12.2. The molecule has 1 saturated carbocycles. The molecular formula is C21H26N4S2. The maximum Gasteiger partial charge on any atom is 0.168 e. The van der Waals surface area contributed by atoms with Gasteiger partial charge in [-0.3, -0.25) is 9.98 Å². The van der Waals surface area contributed by atoms with E-state index in [-0.39, 0.29) is 0 Å². The molecule has 3 heterocycles. The van der Waals surface area contributed by atoms with Crippen LogP contribution < -0.4 is 5.32 Å². The molecule has 4 aliphatic rings. The van der Waals surface area contributed by atoms with Gasteiger partial charge in [0.1, 0.15) is 0 Å². The summed E-state index contributed by atoms with van der Waals surface area (Å²) in [4.78, 5) is 12.3. The first-order chi connectivity index (χ1) is 13.3. The van der Waals surface area contributed by atoms with Gasteiger partial charge in [-0.1, -0.05) is 73.1 Å². The van der Waals surface area contributed by atoms with Gasteiger partial charge in [-0.05, 0) is 30.2 Å². The van der Waals surface area contributed by atoms with Gasteiger partial charge in [0.25, 0.3) is 0 Å². The minimum atomic E-state index is 0.372. The number of hydrogen-bond donors (Lipinski definition) is 1. The van der Waals surface area contributed by atoms with Crippen molar-refractivity contribution in [3.05, 3.63) is 47.0 Å². The largest absolute Gasteiger partial charge is 0.360 e. The summed E-state index contributed by atoms with van der Waals surface area (Å²) in [5, 5.41) is 8.30. The summed E-state index contributed by atoms with van der Waals surface area (Å²) in [6.45, 7) is 1.01. The number of fused-ring (bicyclic) bond motifs is 2. The average molecular weight is 399 g/mol. The van der Waals surface area contributed by atoms with Crippen LogP contribution in [0.2, 0.25) is 0 Å². The third-order valence-electron chi connectivity index (χ3n) is 5.81. The molecule has 5 rings (SSSR count). The molecule has 1 aliphatic carbocycles. The van der Waals surface area contributed by atoms with E-state index in [0.717, 1.165) is 23.9 Å². The monoisotopic (exact) mass is 398 g/mol. The van der Waals surface area contributed by atoms with Gasteiger partial charge in [0, 0.05) is 18.0 Å². The Balaban J connectivity index is 1.15. The summed E-state index contributed by atoms with van der Waals surface area (Å²) < 4.78 is 0. The van der Waals surface area contributed by atoms with Crippen LogP contribution in [0.15, 0.2) is 51.4 Å². The van der Waals surface area contributed by atoms with E-state index in [1.54, 1.807) is 11.8 Å². The van der Waals surface area contributed by atoms with Gasteiger partial charge >= 0.3 is 0 Å². The highest BCUT2D eigenvalue weighted by Gasteiger charge is 2.33. The van der Waals surface area contributed by atoms with E-state index in [1.807, 2.05) is 11.8 Å². The third-order valence-corrected chi connectivity index (χ3v) is 7.67. The van der Waals surface area contributed by atoms with Crippen LogP contribution in [0.4, 0.5) is 0 Å². The molecule has 1 N–H and O–H groups in total. The first-order valence-electron chi connectivity index (χ1n) is 10.1. The number of rotatable bonds is 4. The van der Waals surface area contributed by atoms with Gasteiger partial charge < -0.3 is 10.2 Å². The molecule has 1 unspecified atom stereocenters. The maximum atomic E-state index is 4.97. The topological polar surface area (TPSA) is 40.0 Å². The lowest BCUT2D eigenvalue weighted by molar-refractivity contribution is 0.499. The van der Waals surface area contributed by atoms with E-state index in [4.69, 9.17) is 9.98 Å². The molecule has 6 heteroatoms. The van der Waals surface area contributed by atoms with Crippen LogP contribution in [-0.2, 0) is 6.42 Å². The summed E-state index contributed by atoms with van der Waals surface area (Å²) >= 11 is 3.65. The van der Waals surface area contributed by atoms with Crippen LogP contribution in [0.3, 0.4) is 0 Å². The van der Waals surface area contributed by atoms with Crippen molar-refractivity contribution in [2.24, 2.45) is 9.98 Å². The molecule has 1 aromatic carbocycles. The van der Waals surface area contributed by atoms with Crippen LogP contribution in [-0.4, -0.2) is 45.7 Å². The predicted molar refractivity (Wildman–Crippen MR) is 117 cm³/mol. The van der Waals surface area contributed by atoms with E-state index in [9.17, 15) is 0 Å². The van der Waals surface area contributed by atoms with E-state index in [2.05, 4.69) is 46.0 Å². The van der Waals surface area contributed by atoms with Crippen molar-refractivity contribution in [2.75, 3.05) is 12.3 Å². The average Bonchev–Trinajstić information content (AvgIpc) is 3.32. The van der Waals surface area contributed by atoms with Gasteiger partial charge in [-0.2, -0.15) is 0 Å². The van der Waals surface area contributed by atoms with Crippen LogP contribution in [0, 0.1) is 0 Å². The number of aliphatic imine (C=N–C) groups is 2. The Morgan fingerprint density at radius 3 is 2.93 bits per heavy atom. The highest BCUT2D eigenvalue weighted by molar-refractivity contribution is 8.17. The number of benzene rings is 1. The molecule has 27 heavy (non-hydrogen) atoms. The lowest BCUT2D eigenvalue weighted by atomic mass is 10.1. The number of amidine groups is 2. The number of hydrogen-bond acceptors (Lipinski definition) is 6. The second-order valence-electron chi connectivity index (χ2n) is 7.77. The molecule has 3 atom stereocenters. The molecule has 0 amide bonds. The summed E-state index contributed by atoms with van der Waals surface area (Å²) in [5.41, 5.74) is 2.76. The summed E-state index contributed by atoms with van der Waals surface area (Å²) in [5.74, 6) is 0.981. The van der Waals surface area contributed by atoms with Gasteiger partial charge in [0.05, 0.1) is 18.1 Å². The lowest BCUT2D eigenvalue weighted by Gasteiger charge is -2.18. The quantitative estimate of drug-likeness (QED) is 0.823. The first kappa shape index (κ1) is 17.7. The molecule has 0 radical (unpaired) electrons. The van der Waals surface area contributed by atoms with Crippen LogP contribution in [0.5, 0.6) is 0 Å². The standard InChI is InChI=1S/C21H26N4S2/c1-3-7-15(8-4-1)11-16-12-25-17(14-27-21(25)22-16)13-26-20-23-18-9-5-2-6-10-19(18)24-20/h1,3-4,7-8,14,16,18-19H,2,5-6,9-13H2,(H,23,24)/t16?,18-,19-/m1/s1. The molecule has 142 valence electrons. The van der Waals surface area contributed by atoms with Crippen molar-refractivity contribution in [3.63, 3.8) is 0 Å². The second kappa shape index (κ2) is 7.92. The maximum absolute atomic E-state index is 4.97. The zero-order chi connectivity index (χ0) is 18.1. The van der Waals surface area contributed by atoms with Crippen LogP contribution >= 0.6 is 23.5 Å². The number of nitrogens with zero attached hydrogens (tertiary/aromatic N) is 3. The Labute approximate surface area is 170 Å². The van der Waals surface area contributed by atoms with E-state index in [1.165, 1.54) is 48.5 Å². The molecule has 0 bridgehead atoms. The minimum Gasteiger partial charge on any atom is -0.360 e. The van der Waals surface area contributed by atoms with E-state index >= 15 is 0 Å². The molecule has 4 nitrogen and oxygen atoms in total. The van der Waals surface area contributed by atoms with Crippen LogP contribution in [0.1, 0.15) is 37.7 Å². The summed E-state index contributed by atoms with van der Waals surface area (Å²) in [6.07, 6.45) is 7.62. The lowest BCUT2D eigenvalue weighted by Crippen LogP contribution is -2.33. The van der Waals surface area contributed by atoms with E-state index < -0.39 is 0 Å². The second-order valence-corrected chi connectivity index (χ2v) is 9.57. The number of nitrogens with one attached hydrogen (secondary N) is 1. The van der Waals surface area contributed by atoms with Gasteiger partial charge in [0.2, 0.25) is 0 Å². The Bertz CT molecular complexity index is 774. The Hall–Kier alpha value is -1.40. The highest BCUT2D eigenvalue weighted by Crippen LogP contribution is 2.34. The van der Waals surface area contributed by atoms with Crippen LogP contribution in [0.25, 0.3) is 0 Å². The SMILES string of the molecule is C1=C(CSC2=N[C@@H]3CCCCC[C@H]3N2)N2CC(Cc3ccccc3)N=C2S1. The molecule has 1 fully saturated rings. The Morgan fingerprint density at radius 2 is 2.00 bits per heavy atom. The number of thioether (sulfide) groups is 2. The molecule has 1 aromatic rings. The normalized spacial score (nSPS) is 29.4. The zero-order valence-corrected chi connectivity index (χ0v) is 17.1. The van der Waals surface area contributed by atoms with Crippen molar-refractivity contribution in [1.82, 2.24) is 10.2 Å². The fourth-order valence-electron chi connectivity index (χ4n) is 4.36. The van der Waals surface area contributed by atoms with Crippen molar-refractivity contribution in [2.45, 2.75) is 56.7 Å². The molecule has 0 saturated heterocycles.